The molecule has 2 rings (SSSR count). The number of nitro benzene ring substituents is 1. The molecule has 0 atom stereocenters. The van der Waals surface area contributed by atoms with E-state index in [9.17, 15) is 10.1 Å². The number of benzene rings is 1. The number of nitro groups is 1. The van der Waals surface area contributed by atoms with Crippen molar-refractivity contribution in [1.82, 2.24) is 4.98 Å². The van der Waals surface area contributed by atoms with Crippen LogP contribution >= 0.6 is 0 Å². The van der Waals surface area contributed by atoms with Crippen molar-refractivity contribution >= 4 is 11.4 Å². The Morgan fingerprint density at radius 1 is 1.42 bits per heavy atom. The molecule has 0 saturated carbocycles. The van der Waals surface area contributed by atoms with Gasteiger partial charge in [-0.05, 0) is 23.8 Å². The van der Waals surface area contributed by atoms with Crippen molar-refractivity contribution in [3.05, 3.63) is 64.0 Å². The van der Waals surface area contributed by atoms with Crippen LogP contribution in [0.2, 0.25) is 0 Å². The molecule has 94 valence electrons. The van der Waals surface area contributed by atoms with Crippen molar-refractivity contribution in [3.8, 4) is 6.07 Å². The third-order valence-corrected chi connectivity index (χ3v) is 2.53. The number of anilines is 1. The van der Waals surface area contributed by atoms with Crippen LogP contribution in [0.3, 0.4) is 0 Å². The molecule has 0 fully saturated rings. The van der Waals surface area contributed by atoms with E-state index < -0.39 is 4.92 Å². The average Bonchev–Trinajstić information content (AvgIpc) is 2.45. The molecule has 0 aliphatic heterocycles. The summed E-state index contributed by atoms with van der Waals surface area (Å²) >= 11 is 0. The lowest BCUT2D eigenvalue weighted by atomic mass is 10.2. The molecular formula is C13H10N4O2. The molecule has 19 heavy (non-hydrogen) atoms. The molecule has 0 unspecified atom stereocenters. The lowest BCUT2D eigenvalue weighted by Gasteiger charge is -2.07. The zero-order chi connectivity index (χ0) is 13.7. The fraction of sp³-hybridized carbons (Fsp3) is 0.0769. The minimum Gasteiger partial charge on any atom is -0.375 e. The van der Waals surface area contributed by atoms with E-state index in [0.717, 1.165) is 5.56 Å². The number of pyridine rings is 1. The molecular weight excluding hydrogens is 244 g/mol. The standard InChI is InChI=1S/C13H10N4O2/c14-7-10-3-4-13(17(18)19)12(6-10)16-9-11-2-1-5-15-8-11/h1-6,8,16H,9H2. The Morgan fingerprint density at radius 2 is 2.26 bits per heavy atom. The summed E-state index contributed by atoms with van der Waals surface area (Å²) in [5.41, 5.74) is 1.55. The van der Waals surface area contributed by atoms with Gasteiger partial charge in [0.05, 0.1) is 16.6 Å². The average molecular weight is 254 g/mol. The number of hydrogen-bond donors (Lipinski definition) is 1. The summed E-state index contributed by atoms with van der Waals surface area (Å²) < 4.78 is 0. The summed E-state index contributed by atoms with van der Waals surface area (Å²) in [6.45, 7) is 0.406. The molecule has 0 saturated heterocycles. The minimum atomic E-state index is -0.479. The van der Waals surface area contributed by atoms with Crippen molar-refractivity contribution in [2.45, 2.75) is 6.54 Å². The topological polar surface area (TPSA) is 91.8 Å². The molecule has 1 aromatic heterocycles. The third-order valence-electron chi connectivity index (χ3n) is 2.53. The van der Waals surface area contributed by atoms with Crippen LogP contribution < -0.4 is 5.32 Å². The van der Waals surface area contributed by atoms with Gasteiger partial charge in [-0.25, -0.2) is 0 Å². The number of hydrogen-bond acceptors (Lipinski definition) is 5. The number of nitrogens with zero attached hydrogens (tertiary/aromatic N) is 3. The second-order valence-corrected chi connectivity index (χ2v) is 3.82. The van der Waals surface area contributed by atoms with Crippen LogP contribution in [0.1, 0.15) is 11.1 Å². The van der Waals surface area contributed by atoms with Gasteiger partial charge in [0.2, 0.25) is 0 Å². The van der Waals surface area contributed by atoms with Gasteiger partial charge in [0.25, 0.3) is 5.69 Å². The molecule has 0 aliphatic rings. The number of rotatable bonds is 4. The van der Waals surface area contributed by atoms with E-state index in [1.54, 1.807) is 18.5 Å². The zero-order valence-electron chi connectivity index (χ0n) is 9.91. The Bertz CT molecular complexity index is 635. The van der Waals surface area contributed by atoms with E-state index in [2.05, 4.69) is 10.3 Å². The molecule has 1 heterocycles. The Hall–Kier alpha value is -2.94. The van der Waals surface area contributed by atoms with Crippen LogP contribution in [-0.4, -0.2) is 9.91 Å². The highest BCUT2D eigenvalue weighted by Crippen LogP contribution is 2.25. The maximum absolute atomic E-state index is 10.9. The van der Waals surface area contributed by atoms with Gasteiger partial charge in [-0.3, -0.25) is 15.1 Å². The predicted molar refractivity (Wildman–Crippen MR) is 69.4 cm³/mol. The predicted octanol–water partition coefficient (Wildman–Crippen LogP) is 2.47. The van der Waals surface area contributed by atoms with E-state index >= 15 is 0 Å². The van der Waals surface area contributed by atoms with Gasteiger partial charge in [-0.1, -0.05) is 6.07 Å². The lowest BCUT2D eigenvalue weighted by molar-refractivity contribution is -0.384. The molecule has 0 spiro atoms. The Labute approximate surface area is 109 Å². The van der Waals surface area contributed by atoms with E-state index in [-0.39, 0.29) is 5.69 Å². The fourth-order valence-electron chi connectivity index (χ4n) is 1.61. The zero-order valence-corrected chi connectivity index (χ0v) is 9.91. The molecule has 0 amide bonds. The molecule has 0 aliphatic carbocycles. The molecule has 2 aromatic rings. The highest BCUT2D eigenvalue weighted by atomic mass is 16.6. The van der Waals surface area contributed by atoms with Gasteiger partial charge in [0.15, 0.2) is 0 Å². The summed E-state index contributed by atoms with van der Waals surface area (Å²) in [4.78, 5) is 14.4. The SMILES string of the molecule is N#Cc1ccc([N+](=O)[O-])c(NCc2cccnc2)c1. The van der Waals surface area contributed by atoms with Gasteiger partial charge in [0, 0.05) is 25.0 Å². The normalized spacial score (nSPS) is 9.63. The lowest BCUT2D eigenvalue weighted by Crippen LogP contribution is -2.03. The largest absolute Gasteiger partial charge is 0.375 e. The van der Waals surface area contributed by atoms with Gasteiger partial charge in [0.1, 0.15) is 5.69 Å². The van der Waals surface area contributed by atoms with Gasteiger partial charge in [-0.2, -0.15) is 5.26 Å². The minimum absolute atomic E-state index is 0.0529. The first kappa shape index (κ1) is 12.5. The van der Waals surface area contributed by atoms with E-state index in [0.29, 0.717) is 17.8 Å². The van der Waals surface area contributed by atoms with Gasteiger partial charge in [-0.15, -0.1) is 0 Å². The summed E-state index contributed by atoms with van der Waals surface area (Å²) in [6, 6.07) is 9.82. The monoisotopic (exact) mass is 254 g/mol. The molecule has 0 radical (unpaired) electrons. The highest BCUT2D eigenvalue weighted by Gasteiger charge is 2.13. The number of nitriles is 1. The van der Waals surface area contributed by atoms with Crippen LogP contribution in [0.4, 0.5) is 11.4 Å². The Morgan fingerprint density at radius 3 is 2.89 bits per heavy atom. The number of aromatic nitrogens is 1. The Balaban J connectivity index is 2.23. The highest BCUT2D eigenvalue weighted by molar-refractivity contribution is 5.64. The molecule has 6 heteroatoms. The van der Waals surface area contributed by atoms with Crippen LogP contribution in [0, 0.1) is 21.4 Å². The van der Waals surface area contributed by atoms with Crippen molar-refractivity contribution in [1.29, 1.82) is 5.26 Å². The van der Waals surface area contributed by atoms with E-state index in [1.807, 2.05) is 12.1 Å². The maximum atomic E-state index is 10.9. The number of nitrogens with one attached hydrogen (secondary N) is 1. The van der Waals surface area contributed by atoms with Crippen molar-refractivity contribution in [3.63, 3.8) is 0 Å². The first-order valence-electron chi connectivity index (χ1n) is 5.52. The molecule has 1 aromatic carbocycles. The molecule has 1 N–H and O–H groups in total. The van der Waals surface area contributed by atoms with Crippen molar-refractivity contribution in [2.24, 2.45) is 0 Å². The Kier molecular flexibility index (Phi) is 3.69. The smallest absolute Gasteiger partial charge is 0.292 e. The maximum Gasteiger partial charge on any atom is 0.292 e. The second kappa shape index (κ2) is 5.60. The summed E-state index contributed by atoms with van der Waals surface area (Å²) in [5, 5.41) is 22.7. The molecule has 0 bridgehead atoms. The second-order valence-electron chi connectivity index (χ2n) is 3.82. The van der Waals surface area contributed by atoms with Gasteiger partial charge >= 0.3 is 0 Å². The first-order valence-corrected chi connectivity index (χ1v) is 5.52. The van der Waals surface area contributed by atoms with E-state index in [4.69, 9.17) is 5.26 Å². The summed E-state index contributed by atoms with van der Waals surface area (Å²) in [6.07, 6.45) is 3.33. The van der Waals surface area contributed by atoms with Crippen LogP contribution in [0.25, 0.3) is 0 Å². The van der Waals surface area contributed by atoms with Crippen LogP contribution in [0.15, 0.2) is 42.7 Å². The summed E-state index contributed by atoms with van der Waals surface area (Å²) in [7, 11) is 0. The summed E-state index contributed by atoms with van der Waals surface area (Å²) in [5.74, 6) is 0. The first-order chi connectivity index (χ1) is 9.20. The quantitative estimate of drug-likeness (QED) is 0.668. The van der Waals surface area contributed by atoms with Gasteiger partial charge < -0.3 is 5.32 Å². The van der Waals surface area contributed by atoms with Crippen molar-refractivity contribution in [2.75, 3.05) is 5.32 Å². The van der Waals surface area contributed by atoms with Crippen molar-refractivity contribution < 1.29 is 4.92 Å². The molecule has 6 nitrogen and oxygen atoms in total. The van der Waals surface area contributed by atoms with E-state index in [1.165, 1.54) is 18.2 Å². The van der Waals surface area contributed by atoms with Crippen LogP contribution in [0.5, 0.6) is 0 Å². The van der Waals surface area contributed by atoms with Crippen LogP contribution in [-0.2, 0) is 6.54 Å². The third kappa shape index (κ3) is 3.04. The fourth-order valence-corrected chi connectivity index (χ4v) is 1.61.